The van der Waals surface area contributed by atoms with Gasteiger partial charge in [0.15, 0.2) is 18.1 Å². The minimum Gasteiger partial charge on any atom is -0.496 e. The first-order valence-corrected chi connectivity index (χ1v) is 10.1. The van der Waals surface area contributed by atoms with Crippen LogP contribution < -0.4 is 4.74 Å². The first-order valence-electron chi connectivity index (χ1n) is 10.1. The highest BCUT2D eigenvalue weighted by molar-refractivity contribution is 5.93. The quantitative estimate of drug-likeness (QED) is 0.321. The maximum absolute atomic E-state index is 5.43. The van der Waals surface area contributed by atoms with Gasteiger partial charge in [0, 0.05) is 24.3 Å². The van der Waals surface area contributed by atoms with Crippen LogP contribution in [0, 0.1) is 13.8 Å². The maximum atomic E-state index is 5.43. The molecule has 3 heterocycles. The predicted octanol–water partition coefficient (Wildman–Crippen LogP) is 2.82. The van der Waals surface area contributed by atoms with Crippen molar-refractivity contribution in [2.75, 3.05) is 27.7 Å². The van der Waals surface area contributed by atoms with E-state index in [1.165, 1.54) is 11.3 Å². The molecule has 0 saturated carbocycles. The number of benzene rings is 1. The molecule has 0 amide bonds. The first kappa shape index (κ1) is 20.8. The third kappa shape index (κ3) is 4.09. The van der Waals surface area contributed by atoms with E-state index in [-0.39, 0.29) is 6.61 Å². The number of hydrogen-bond acceptors (Lipinski definition) is 7. The third-order valence-electron chi connectivity index (χ3n) is 5.36. The molecule has 0 radical (unpaired) electrons. The van der Waals surface area contributed by atoms with Crippen molar-refractivity contribution in [2.24, 2.45) is 5.16 Å². The first-order chi connectivity index (χ1) is 15.0. The van der Waals surface area contributed by atoms with Crippen molar-refractivity contribution in [3.8, 4) is 5.75 Å². The van der Waals surface area contributed by atoms with Gasteiger partial charge in [0.1, 0.15) is 17.7 Å². The zero-order valence-corrected chi connectivity index (χ0v) is 18.5. The van der Waals surface area contributed by atoms with Crippen molar-refractivity contribution in [1.82, 2.24) is 29.0 Å². The fourth-order valence-electron chi connectivity index (χ4n) is 3.57. The number of para-hydroxylation sites is 1. The van der Waals surface area contributed by atoms with Gasteiger partial charge in [-0.2, -0.15) is 0 Å². The van der Waals surface area contributed by atoms with Crippen LogP contribution in [0.3, 0.4) is 0 Å². The Morgan fingerprint density at radius 2 is 1.97 bits per heavy atom. The molecule has 0 atom stereocenters. The summed E-state index contributed by atoms with van der Waals surface area (Å²) < 4.78 is 9.25. The average Bonchev–Trinajstić information content (AvgIpc) is 3.28. The maximum Gasteiger partial charge on any atom is 0.192 e. The average molecular weight is 422 g/mol. The minimum atomic E-state index is 0.161. The summed E-state index contributed by atoms with van der Waals surface area (Å²) in [5, 5.41) is 9.56. The van der Waals surface area contributed by atoms with E-state index in [4.69, 9.17) is 14.6 Å². The van der Waals surface area contributed by atoms with Crippen LogP contribution in [0.15, 0.2) is 35.7 Å². The molecular formula is C22H27N7O2. The Hall–Kier alpha value is -3.46. The number of rotatable bonds is 8. The van der Waals surface area contributed by atoms with Crippen LogP contribution in [0.2, 0.25) is 0 Å². The number of aromatic nitrogens is 5. The van der Waals surface area contributed by atoms with Crippen molar-refractivity contribution in [3.05, 3.63) is 53.2 Å². The van der Waals surface area contributed by atoms with Crippen molar-refractivity contribution in [3.63, 3.8) is 0 Å². The number of methoxy groups -OCH3 is 1. The molecule has 31 heavy (non-hydrogen) atoms. The largest absolute Gasteiger partial charge is 0.496 e. The summed E-state index contributed by atoms with van der Waals surface area (Å²) >= 11 is 0. The van der Waals surface area contributed by atoms with Gasteiger partial charge in [-0.1, -0.05) is 17.3 Å². The molecule has 0 aliphatic rings. The molecule has 1 aromatic carbocycles. The monoisotopic (exact) mass is 421 g/mol. The predicted molar refractivity (Wildman–Crippen MR) is 120 cm³/mol. The van der Waals surface area contributed by atoms with Gasteiger partial charge >= 0.3 is 0 Å². The summed E-state index contributed by atoms with van der Waals surface area (Å²) in [5.41, 5.74) is 4.91. The minimum absolute atomic E-state index is 0.161. The molecule has 0 bridgehead atoms. The summed E-state index contributed by atoms with van der Waals surface area (Å²) in [7, 11) is 5.77. The summed E-state index contributed by atoms with van der Waals surface area (Å²) in [6, 6.07) is 7.60. The van der Waals surface area contributed by atoms with Crippen LogP contribution in [0.25, 0.3) is 16.7 Å². The number of fused-ring (bicyclic) bond motifs is 3. The summed E-state index contributed by atoms with van der Waals surface area (Å²) in [6.07, 6.45) is 3.32. The zero-order chi connectivity index (χ0) is 22.0. The Balaban J connectivity index is 1.57. The van der Waals surface area contributed by atoms with Gasteiger partial charge < -0.3 is 19.0 Å². The number of hydrogen-bond donors (Lipinski definition) is 0. The smallest absolute Gasteiger partial charge is 0.192 e. The molecule has 162 valence electrons. The van der Waals surface area contributed by atoms with Gasteiger partial charge in [-0.15, -0.1) is 5.10 Å². The van der Waals surface area contributed by atoms with Gasteiger partial charge in [0.25, 0.3) is 0 Å². The second-order valence-electron chi connectivity index (χ2n) is 7.65. The highest BCUT2D eigenvalue weighted by Crippen LogP contribution is 2.26. The van der Waals surface area contributed by atoms with Gasteiger partial charge in [-0.05, 0) is 45.6 Å². The molecule has 4 rings (SSSR count). The van der Waals surface area contributed by atoms with E-state index in [0.29, 0.717) is 5.82 Å². The molecule has 9 nitrogen and oxygen atoms in total. The molecule has 0 N–H and O–H groups in total. The van der Waals surface area contributed by atoms with E-state index in [2.05, 4.69) is 52.6 Å². The summed E-state index contributed by atoms with van der Waals surface area (Å²) in [6.45, 7) is 6.19. The molecule has 0 saturated heterocycles. The molecule has 3 aromatic heterocycles. The van der Waals surface area contributed by atoms with E-state index in [1.807, 2.05) is 24.3 Å². The van der Waals surface area contributed by atoms with Crippen LogP contribution in [0.5, 0.6) is 5.75 Å². The Morgan fingerprint density at radius 3 is 2.74 bits per heavy atom. The highest BCUT2D eigenvalue weighted by Gasteiger charge is 2.18. The lowest BCUT2D eigenvalue weighted by Crippen LogP contribution is -2.19. The summed E-state index contributed by atoms with van der Waals surface area (Å²) in [5.74, 6) is 1.28. The fraction of sp³-hybridized carbons (Fsp3) is 0.364. The van der Waals surface area contributed by atoms with Crippen LogP contribution in [0.4, 0.5) is 0 Å². The van der Waals surface area contributed by atoms with Crippen LogP contribution in [-0.4, -0.2) is 63.0 Å². The lowest BCUT2D eigenvalue weighted by Gasteiger charge is -2.12. The van der Waals surface area contributed by atoms with Crippen molar-refractivity contribution < 1.29 is 9.57 Å². The lowest BCUT2D eigenvalue weighted by molar-refractivity contribution is 0.126. The molecule has 9 heteroatoms. The Kier molecular flexibility index (Phi) is 5.85. The fourth-order valence-corrected chi connectivity index (χ4v) is 3.57. The van der Waals surface area contributed by atoms with Crippen LogP contribution in [0.1, 0.15) is 22.6 Å². The Morgan fingerprint density at radius 1 is 1.16 bits per heavy atom. The van der Waals surface area contributed by atoms with E-state index in [1.54, 1.807) is 24.2 Å². The van der Waals surface area contributed by atoms with Crippen molar-refractivity contribution in [1.29, 1.82) is 0 Å². The molecule has 0 aliphatic heterocycles. The van der Waals surface area contributed by atoms with E-state index in [0.717, 1.165) is 41.1 Å². The topological polar surface area (TPSA) is 82.1 Å². The van der Waals surface area contributed by atoms with E-state index < -0.39 is 0 Å². The number of ether oxygens (including phenoxy) is 1. The SMILES string of the molecule is COc1ccccc1/C=N/OCc1nc2c3c(C)c(C)n(CCN(C)C)c3ncn2n1. The van der Waals surface area contributed by atoms with Crippen molar-refractivity contribution >= 4 is 22.9 Å². The number of likely N-dealkylation sites (N-methyl/N-ethyl adjacent to an activating group) is 1. The van der Waals surface area contributed by atoms with Crippen LogP contribution in [-0.2, 0) is 18.0 Å². The second kappa shape index (κ2) is 8.73. The van der Waals surface area contributed by atoms with Crippen LogP contribution >= 0.6 is 0 Å². The number of oxime groups is 1. The Bertz CT molecular complexity index is 1240. The third-order valence-corrected chi connectivity index (χ3v) is 5.36. The molecule has 0 aliphatic carbocycles. The molecule has 4 aromatic rings. The van der Waals surface area contributed by atoms with E-state index in [9.17, 15) is 0 Å². The van der Waals surface area contributed by atoms with Gasteiger partial charge in [-0.25, -0.2) is 14.5 Å². The van der Waals surface area contributed by atoms with Gasteiger partial charge in [0.2, 0.25) is 0 Å². The molecular weight excluding hydrogens is 394 g/mol. The number of nitrogens with zero attached hydrogens (tertiary/aromatic N) is 7. The highest BCUT2D eigenvalue weighted by atomic mass is 16.6. The van der Waals surface area contributed by atoms with Gasteiger partial charge in [-0.3, -0.25) is 0 Å². The normalized spacial score (nSPS) is 11.9. The molecule has 0 unspecified atom stereocenters. The van der Waals surface area contributed by atoms with Crippen molar-refractivity contribution in [2.45, 2.75) is 27.0 Å². The lowest BCUT2D eigenvalue weighted by atomic mass is 10.2. The Labute approximate surface area is 180 Å². The van der Waals surface area contributed by atoms with Gasteiger partial charge in [0.05, 0.1) is 18.7 Å². The van der Waals surface area contributed by atoms with E-state index >= 15 is 0 Å². The molecule has 0 fully saturated rings. The second-order valence-corrected chi connectivity index (χ2v) is 7.65. The summed E-state index contributed by atoms with van der Waals surface area (Å²) in [4.78, 5) is 16.9. The molecule has 0 spiro atoms. The zero-order valence-electron chi connectivity index (χ0n) is 18.5. The number of aryl methyl sites for hydroxylation is 1. The standard InChI is InChI=1S/C22H27N7O2/c1-15-16(2)28(11-10-27(3)4)21-20(15)22-25-19(26-29(22)14-23-21)13-31-24-12-17-8-6-7-9-18(17)30-5/h6-9,12,14H,10-11,13H2,1-5H3/b24-12+.